The van der Waals surface area contributed by atoms with Crippen molar-refractivity contribution in [3.8, 4) is 0 Å². The highest BCUT2D eigenvalue weighted by atomic mass is 16.6. The highest BCUT2D eigenvalue weighted by Crippen LogP contribution is 2.26. The minimum Gasteiger partial charge on any atom is -0.478 e. The average Bonchev–Trinajstić information content (AvgIpc) is 3.21. The van der Waals surface area contributed by atoms with Gasteiger partial charge in [-0.3, -0.25) is 24.0 Å². The smallest absolute Gasteiger partial charge is 0.348 e. The van der Waals surface area contributed by atoms with Crippen molar-refractivity contribution in [3.63, 3.8) is 0 Å². The number of carboxylic acids is 1. The second-order valence-corrected chi connectivity index (χ2v) is 13.4. The molecular formula is C45H48O10. The molecule has 0 aromatic heterocycles. The maximum atomic E-state index is 12.8. The van der Waals surface area contributed by atoms with Gasteiger partial charge in [-0.05, 0) is 75.1 Å². The minimum absolute atomic E-state index is 0.0113. The highest BCUT2D eigenvalue weighted by molar-refractivity contribution is 6.09. The van der Waals surface area contributed by atoms with Gasteiger partial charge >= 0.3 is 23.9 Å². The van der Waals surface area contributed by atoms with Crippen molar-refractivity contribution in [2.45, 2.75) is 83.2 Å². The van der Waals surface area contributed by atoms with Gasteiger partial charge in [-0.2, -0.15) is 0 Å². The summed E-state index contributed by atoms with van der Waals surface area (Å²) >= 11 is 0. The summed E-state index contributed by atoms with van der Waals surface area (Å²) in [5.74, 6) is -3.60. The van der Waals surface area contributed by atoms with Crippen LogP contribution in [-0.4, -0.2) is 59.4 Å². The van der Waals surface area contributed by atoms with E-state index < -0.39 is 35.4 Å². The Bertz CT molecular complexity index is 1920. The normalized spacial score (nSPS) is 12.5. The molecule has 0 heterocycles. The number of unbranched alkanes of at least 4 members (excludes halogenated alkanes) is 3. The van der Waals surface area contributed by atoms with Gasteiger partial charge in [0.2, 0.25) is 5.60 Å². The molecule has 1 N–H and O–H groups in total. The van der Waals surface area contributed by atoms with Crippen LogP contribution in [-0.2, 0) is 39.8 Å². The van der Waals surface area contributed by atoms with Crippen LogP contribution in [0, 0.1) is 0 Å². The van der Waals surface area contributed by atoms with E-state index in [0.29, 0.717) is 65.5 Å². The van der Waals surface area contributed by atoms with E-state index in [1.807, 2.05) is 12.1 Å². The van der Waals surface area contributed by atoms with Crippen LogP contribution in [0.4, 0.5) is 0 Å². The topological polar surface area (TPSA) is 150 Å². The van der Waals surface area contributed by atoms with E-state index in [-0.39, 0.29) is 50.5 Å². The number of carboxylic acid groups (broad SMARTS) is 1. The van der Waals surface area contributed by atoms with Gasteiger partial charge in [0.1, 0.15) is 0 Å². The van der Waals surface area contributed by atoms with Crippen molar-refractivity contribution in [2.75, 3.05) is 13.2 Å². The van der Waals surface area contributed by atoms with Crippen LogP contribution in [0.2, 0.25) is 0 Å². The van der Waals surface area contributed by atoms with E-state index in [2.05, 4.69) is 0 Å². The summed E-state index contributed by atoms with van der Waals surface area (Å²) < 4.78 is 16.3. The molecule has 0 aliphatic carbocycles. The molecule has 0 saturated heterocycles. The minimum atomic E-state index is -1.69. The van der Waals surface area contributed by atoms with Gasteiger partial charge in [0, 0.05) is 28.7 Å². The average molecular weight is 749 g/mol. The molecule has 10 heteroatoms. The molecule has 4 aromatic rings. The molecule has 0 aliphatic heterocycles. The van der Waals surface area contributed by atoms with Crippen LogP contribution in [0.15, 0.2) is 109 Å². The number of hydrogen-bond acceptors (Lipinski definition) is 9. The predicted molar refractivity (Wildman–Crippen MR) is 206 cm³/mol. The largest absolute Gasteiger partial charge is 0.478 e. The molecule has 10 nitrogen and oxygen atoms in total. The fraction of sp³-hybridized carbons (Fsp3) is 0.333. The number of carbonyl (C=O) groups is 6. The Balaban J connectivity index is 1.12. The Hall–Kier alpha value is -5.90. The zero-order chi connectivity index (χ0) is 39.6. The Morgan fingerprint density at radius 3 is 1.80 bits per heavy atom. The third kappa shape index (κ3) is 12.6. The third-order valence-electron chi connectivity index (χ3n) is 9.39. The summed E-state index contributed by atoms with van der Waals surface area (Å²) in [6.07, 6.45) is 2.34. The summed E-state index contributed by atoms with van der Waals surface area (Å²) in [4.78, 5) is 75.7. The van der Waals surface area contributed by atoms with E-state index in [1.165, 1.54) is 0 Å². The first-order valence-electron chi connectivity index (χ1n) is 18.7. The lowest BCUT2D eigenvalue weighted by molar-refractivity contribution is -0.180. The Morgan fingerprint density at radius 2 is 1.18 bits per heavy atom. The molecule has 0 fully saturated rings. The van der Waals surface area contributed by atoms with Gasteiger partial charge in [0.25, 0.3) is 0 Å². The number of hydrogen-bond donors (Lipinski definition) is 1. The van der Waals surface area contributed by atoms with Gasteiger partial charge in [0.05, 0.1) is 25.6 Å². The monoisotopic (exact) mass is 748 g/mol. The zero-order valence-corrected chi connectivity index (χ0v) is 31.4. The zero-order valence-electron chi connectivity index (χ0n) is 31.4. The van der Waals surface area contributed by atoms with E-state index >= 15 is 0 Å². The van der Waals surface area contributed by atoms with E-state index in [0.717, 1.165) is 0 Å². The molecule has 0 spiro atoms. The van der Waals surface area contributed by atoms with E-state index in [9.17, 15) is 33.9 Å². The van der Waals surface area contributed by atoms with Gasteiger partial charge in [-0.15, -0.1) is 0 Å². The first kappa shape index (κ1) is 41.9. The molecule has 4 rings (SSSR count). The predicted octanol–water partition coefficient (Wildman–Crippen LogP) is 8.09. The first-order valence-corrected chi connectivity index (χ1v) is 18.7. The van der Waals surface area contributed by atoms with Crippen molar-refractivity contribution >= 4 is 35.4 Å². The summed E-state index contributed by atoms with van der Waals surface area (Å²) in [5.41, 5.74) is 1.69. The lowest BCUT2D eigenvalue weighted by Gasteiger charge is -2.28. The van der Waals surface area contributed by atoms with Crippen LogP contribution >= 0.6 is 0 Å². The highest BCUT2D eigenvalue weighted by Gasteiger charge is 2.40. The summed E-state index contributed by atoms with van der Waals surface area (Å²) in [6, 6.07) is 31.5. The molecule has 288 valence electrons. The van der Waals surface area contributed by atoms with Gasteiger partial charge < -0.3 is 19.3 Å². The van der Waals surface area contributed by atoms with Gasteiger partial charge in [-0.25, -0.2) is 4.79 Å². The van der Waals surface area contributed by atoms with Crippen molar-refractivity contribution in [2.24, 2.45) is 0 Å². The molecule has 0 saturated carbocycles. The Kier molecular flexibility index (Phi) is 16.1. The number of rotatable bonds is 22. The van der Waals surface area contributed by atoms with Crippen molar-refractivity contribution < 1.29 is 48.1 Å². The standard InChI is InChI=1S/C45H48O10/c1-3-45(44(51)52,26-12-14-27-53-40(47)30-33-17-15-23-37(29-33)41(48)34-18-7-4-8-19-34)55-39(46)25-11-6-13-28-54-43(50)32(2)36-22-16-24-38(31-36)42(49)35-20-9-5-10-21-35/h4-5,7-10,15-24,29,31-32H,3,6,11-14,25-28,30H2,1-2H3,(H,51,52)/t32-,45-/m1/s1. The fourth-order valence-corrected chi connectivity index (χ4v) is 6.05. The lowest BCUT2D eigenvalue weighted by atomic mass is 9.93. The second-order valence-electron chi connectivity index (χ2n) is 13.4. The fourth-order valence-electron chi connectivity index (χ4n) is 6.05. The molecule has 0 unspecified atom stereocenters. The molecule has 0 radical (unpaired) electrons. The van der Waals surface area contributed by atoms with Crippen LogP contribution in [0.25, 0.3) is 0 Å². The maximum absolute atomic E-state index is 12.8. The molecule has 55 heavy (non-hydrogen) atoms. The molecule has 0 amide bonds. The number of esters is 3. The number of ether oxygens (including phenoxy) is 3. The van der Waals surface area contributed by atoms with Gasteiger partial charge in [-0.1, -0.05) is 104 Å². The Morgan fingerprint density at radius 1 is 0.618 bits per heavy atom. The summed E-state index contributed by atoms with van der Waals surface area (Å²) in [6.45, 7) is 3.59. The molecule has 2 atom stereocenters. The Labute approximate surface area is 321 Å². The van der Waals surface area contributed by atoms with Crippen molar-refractivity contribution in [1.29, 1.82) is 0 Å². The first-order chi connectivity index (χ1) is 26.5. The second kappa shape index (κ2) is 21.1. The maximum Gasteiger partial charge on any atom is 0.348 e. The summed E-state index contributed by atoms with van der Waals surface area (Å²) in [7, 11) is 0. The van der Waals surface area contributed by atoms with Crippen LogP contribution < -0.4 is 0 Å². The lowest BCUT2D eigenvalue weighted by Crippen LogP contribution is -2.43. The number of benzene rings is 4. The van der Waals surface area contributed by atoms with Crippen LogP contribution in [0.3, 0.4) is 0 Å². The van der Waals surface area contributed by atoms with Gasteiger partial charge in [0.15, 0.2) is 11.6 Å². The molecule has 4 aromatic carbocycles. The van der Waals surface area contributed by atoms with E-state index in [1.54, 1.807) is 111 Å². The molecule has 0 bridgehead atoms. The molecular weight excluding hydrogens is 700 g/mol. The summed E-state index contributed by atoms with van der Waals surface area (Å²) in [5, 5.41) is 9.98. The van der Waals surface area contributed by atoms with Crippen molar-refractivity contribution in [3.05, 3.63) is 143 Å². The quantitative estimate of drug-likeness (QED) is 0.0362. The number of carbonyl (C=O) groups excluding carboxylic acids is 5. The SMILES string of the molecule is CC[C@](CCCCOC(=O)Cc1cccc(C(=O)c2ccccc2)c1)(OC(=O)CCCCCOC(=O)[C@H](C)c1cccc(C(=O)c2ccccc2)c1)C(=O)O. The van der Waals surface area contributed by atoms with Crippen LogP contribution in [0.1, 0.15) is 114 Å². The number of ketones is 2. The van der Waals surface area contributed by atoms with Crippen LogP contribution in [0.5, 0.6) is 0 Å². The number of aliphatic carboxylic acids is 1. The molecule has 0 aliphatic rings. The third-order valence-corrected chi connectivity index (χ3v) is 9.39. The van der Waals surface area contributed by atoms with Crippen molar-refractivity contribution in [1.82, 2.24) is 0 Å². The van der Waals surface area contributed by atoms with E-state index in [4.69, 9.17) is 14.2 Å².